The van der Waals surface area contributed by atoms with Crippen LogP contribution in [-0.2, 0) is 14.8 Å². The van der Waals surface area contributed by atoms with Crippen LogP contribution in [0.2, 0.25) is 5.02 Å². The normalized spacial score (nSPS) is 19.3. The van der Waals surface area contributed by atoms with Crippen molar-refractivity contribution < 1.29 is 13.2 Å². The molecule has 1 aromatic rings. The highest BCUT2D eigenvalue weighted by atomic mass is 127. The molecule has 4 nitrogen and oxygen atoms in total. The minimum absolute atomic E-state index is 0.0210. The van der Waals surface area contributed by atoms with Crippen LogP contribution in [0.25, 0.3) is 0 Å². The Morgan fingerprint density at radius 1 is 1.56 bits per heavy atom. The first-order valence-corrected chi connectivity index (χ1v) is 8.25. The molecule has 0 amide bonds. The van der Waals surface area contributed by atoms with E-state index in [1.54, 1.807) is 26.1 Å². The second-order valence-electron chi connectivity index (χ2n) is 4.27. The zero-order chi connectivity index (χ0) is 13.5. The molecule has 0 saturated carbocycles. The minimum atomic E-state index is -3.55. The van der Waals surface area contributed by atoms with E-state index in [1.807, 2.05) is 0 Å². The van der Waals surface area contributed by atoms with E-state index in [9.17, 15) is 8.42 Å². The van der Waals surface area contributed by atoms with Gasteiger partial charge in [-0.1, -0.05) is 11.6 Å². The second kappa shape index (κ2) is 5.24. The molecule has 1 atom stereocenters. The van der Waals surface area contributed by atoms with Gasteiger partial charge in [0.15, 0.2) is 0 Å². The molecule has 1 saturated heterocycles. The fourth-order valence-corrected chi connectivity index (χ4v) is 4.70. The van der Waals surface area contributed by atoms with Gasteiger partial charge in [-0.3, -0.25) is 0 Å². The number of ether oxygens (including phenoxy) is 1. The lowest BCUT2D eigenvalue weighted by Crippen LogP contribution is -2.31. The lowest BCUT2D eigenvalue weighted by atomic mass is 10.2. The lowest BCUT2D eigenvalue weighted by molar-refractivity contribution is 0.359. The number of likely N-dealkylation sites (N-methyl/N-ethyl adjacent to an activating group) is 1. The van der Waals surface area contributed by atoms with Crippen molar-refractivity contribution in [1.82, 2.24) is 4.31 Å². The zero-order valence-corrected chi connectivity index (χ0v) is 13.7. The van der Waals surface area contributed by atoms with Crippen LogP contribution >= 0.6 is 34.2 Å². The molecule has 1 fully saturated rings. The summed E-state index contributed by atoms with van der Waals surface area (Å²) in [5.74, 6) is 0. The Kier molecular flexibility index (Phi) is 4.23. The Hall–Kier alpha value is 0.110. The number of sulfonamides is 1. The second-order valence-corrected chi connectivity index (χ2v) is 7.91. The number of halogens is 2. The van der Waals surface area contributed by atoms with E-state index < -0.39 is 10.0 Å². The predicted molar refractivity (Wildman–Crippen MR) is 78.5 cm³/mol. The number of hydrogen-bond donors (Lipinski definition) is 0. The first-order valence-electron chi connectivity index (χ1n) is 5.36. The van der Waals surface area contributed by atoms with Crippen molar-refractivity contribution in [3.8, 4) is 0 Å². The molecule has 1 aliphatic rings. The Labute approximate surface area is 125 Å². The van der Waals surface area contributed by atoms with Gasteiger partial charge >= 0.3 is 0 Å². The summed E-state index contributed by atoms with van der Waals surface area (Å²) in [6.07, 6.45) is 0.0210. The van der Waals surface area contributed by atoms with Crippen molar-refractivity contribution in [2.24, 2.45) is 0 Å². The van der Waals surface area contributed by atoms with Crippen LogP contribution in [0.5, 0.6) is 0 Å². The molecule has 1 aliphatic heterocycles. The summed E-state index contributed by atoms with van der Waals surface area (Å²) in [5.41, 5.74) is 0.662. The maximum Gasteiger partial charge on any atom is 0.244 e. The SMILES string of the molecule is Cc1cc(I)cc(Cl)c1S(=O)(=O)N(C)C[C@H]1CO1. The number of aryl methyl sites for hydroxylation is 1. The summed E-state index contributed by atoms with van der Waals surface area (Å²) in [6, 6.07) is 3.46. The van der Waals surface area contributed by atoms with Gasteiger partial charge in [-0.25, -0.2) is 8.42 Å². The lowest BCUT2D eigenvalue weighted by Gasteiger charge is -2.18. The monoisotopic (exact) mass is 401 g/mol. The summed E-state index contributed by atoms with van der Waals surface area (Å²) < 4.78 is 32.1. The number of nitrogens with zero attached hydrogens (tertiary/aromatic N) is 1. The summed E-state index contributed by atoms with van der Waals surface area (Å²) in [6.45, 7) is 2.74. The van der Waals surface area contributed by atoms with Gasteiger partial charge < -0.3 is 4.74 Å². The fourth-order valence-electron chi connectivity index (χ4n) is 1.73. The molecule has 0 aliphatic carbocycles. The van der Waals surface area contributed by atoms with Crippen LogP contribution in [0.3, 0.4) is 0 Å². The van der Waals surface area contributed by atoms with Gasteiger partial charge in [-0.05, 0) is 47.2 Å². The summed E-state index contributed by atoms with van der Waals surface area (Å²) >= 11 is 8.18. The van der Waals surface area contributed by atoms with Crippen molar-refractivity contribution in [3.63, 3.8) is 0 Å². The smallest absolute Gasteiger partial charge is 0.244 e. The van der Waals surface area contributed by atoms with Crippen LogP contribution < -0.4 is 0 Å². The van der Waals surface area contributed by atoms with E-state index in [1.165, 1.54) is 4.31 Å². The van der Waals surface area contributed by atoms with Gasteiger partial charge in [-0.2, -0.15) is 4.31 Å². The van der Waals surface area contributed by atoms with E-state index in [0.29, 0.717) is 18.7 Å². The quantitative estimate of drug-likeness (QED) is 0.574. The Bertz CT molecular complexity index is 549. The average molecular weight is 402 g/mol. The molecule has 0 aromatic heterocycles. The summed E-state index contributed by atoms with van der Waals surface area (Å²) in [7, 11) is -2.01. The number of hydrogen-bond acceptors (Lipinski definition) is 3. The van der Waals surface area contributed by atoms with Gasteiger partial charge in [0.1, 0.15) is 4.90 Å². The first-order chi connectivity index (χ1) is 8.32. The highest BCUT2D eigenvalue weighted by Gasteiger charge is 2.32. The third-order valence-electron chi connectivity index (χ3n) is 2.73. The molecule has 0 bridgehead atoms. The van der Waals surface area contributed by atoms with Crippen molar-refractivity contribution in [2.45, 2.75) is 17.9 Å². The Morgan fingerprint density at radius 2 is 2.17 bits per heavy atom. The molecule has 1 heterocycles. The number of epoxide rings is 1. The molecule has 0 unspecified atom stereocenters. The van der Waals surface area contributed by atoms with Gasteiger partial charge in [0.2, 0.25) is 10.0 Å². The third-order valence-corrected chi connectivity index (χ3v) is 5.79. The molecule has 0 N–H and O–H groups in total. The van der Waals surface area contributed by atoms with Crippen LogP contribution in [-0.4, -0.2) is 39.0 Å². The topological polar surface area (TPSA) is 49.9 Å². The summed E-state index contributed by atoms with van der Waals surface area (Å²) in [5, 5.41) is 0.267. The van der Waals surface area contributed by atoms with Gasteiger partial charge in [0.05, 0.1) is 17.7 Å². The Balaban J connectivity index is 2.39. The van der Waals surface area contributed by atoms with Crippen LogP contribution in [0.4, 0.5) is 0 Å². The van der Waals surface area contributed by atoms with Crippen LogP contribution in [0.1, 0.15) is 5.56 Å². The van der Waals surface area contributed by atoms with E-state index >= 15 is 0 Å². The van der Waals surface area contributed by atoms with Gasteiger partial charge in [0.25, 0.3) is 0 Å². The molecule has 2 rings (SSSR count). The van der Waals surface area contributed by atoms with Crippen LogP contribution in [0, 0.1) is 10.5 Å². The predicted octanol–water partition coefficient (Wildman–Crippen LogP) is 2.27. The molecule has 100 valence electrons. The molecule has 1 aromatic carbocycles. The Morgan fingerprint density at radius 3 is 2.67 bits per heavy atom. The van der Waals surface area contributed by atoms with E-state index in [-0.39, 0.29) is 16.0 Å². The average Bonchev–Trinajstić information content (AvgIpc) is 2.98. The third kappa shape index (κ3) is 2.98. The largest absolute Gasteiger partial charge is 0.372 e. The van der Waals surface area contributed by atoms with Gasteiger partial charge in [0, 0.05) is 17.2 Å². The number of benzene rings is 1. The molecular formula is C11H13ClINO3S. The van der Waals surface area contributed by atoms with E-state index in [2.05, 4.69) is 22.6 Å². The van der Waals surface area contributed by atoms with Crippen molar-refractivity contribution >= 4 is 44.2 Å². The fraction of sp³-hybridized carbons (Fsp3) is 0.455. The van der Waals surface area contributed by atoms with Crippen molar-refractivity contribution in [1.29, 1.82) is 0 Å². The zero-order valence-electron chi connectivity index (χ0n) is 9.98. The molecule has 0 spiro atoms. The highest BCUT2D eigenvalue weighted by molar-refractivity contribution is 14.1. The number of rotatable bonds is 4. The van der Waals surface area contributed by atoms with Crippen molar-refractivity contribution in [2.75, 3.05) is 20.2 Å². The molecule has 7 heteroatoms. The summed E-state index contributed by atoms with van der Waals surface area (Å²) in [4.78, 5) is 0.188. The molecular weight excluding hydrogens is 389 g/mol. The van der Waals surface area contributed by atoms with Gasteiger partial charge in [-0.15, -0.1) is 0 Å². The molecule has 18 heavy (non-hydrogen) atoms. The van der Waals surface area contributed by atoms with Crippen LogP contribution in [0.15, 0.2) is 17.0 Å². The van der Waals surface area contributed by atoms with E-state index in [4.69, 9.17) is 16.3 Å². The molecule has 0 radical (unpaired) electrons. The highest BCUT2D eigenvalue weighted by Crippen LogP contribution is 2.30. The van der Waals surface area contributed by atoms with E-state index in [0.717, 1.165) is 3.57 Å². The maximum atomic E-state index is 12.4. The first kappa shape index (κ1) is 14.5. The van der Waals surface area contributed by atoms with Crippen molar-refractivity contribution in [3.05, 3.63) is 26.3 Å². The standard InChI is InChI=1S/C11H13ClINO3S/c1-7-3-8(13)4-10(12)11(7)18(15,16)14(2)5-9-6-17-9/h3-4,9H,5-6H2,1-2H3/t9-/m0/s1. The minimum Gasteiger partial charge on any atom is -0.372 e. The maximum absolute atomic E-state index is 12.4.